The lowest BCUT2D eigenvalue weighted by Gasteiger charge is -2.47. The Kier molecular flexibility index (Phi) is 12.3. The third kappa shape index (κ3) is 10.1. The minimum atomic E-state index is -5.01. The van der Waals surface area contributed by atoms with Gasteiger partial charge in [0, 0.05) is 67.9 Å². The van der Waals surface area contributed by atoms with Gasteiger partial charge >= 0.3 is 24.4 Å². The van der Waals surface area contributed by atoms with Crippen molar-refractivity contribution in [2.24, 2.45) is 12.5 Å². The van der Waals surface area contributed by atoms with E-state index >= 15 is 0 Å². The highest BCUT2D eigenvalue weighted by molar-refractivity contribution is 5.70. The molecule has 0 spiro atoms. The van der Waals surface area contributed by atoms with Gasteiger partial charge in [-0.05, 0) is 61.3 Å². The van der Waals surface area contributed by atoms with Gasteiger partial charge in [-0.25, -0.2) is 14.8 Å². The Bertz CT molecular complexity index is 1600. The molecule has 1 aliphatic rings. The molecule has 51 heavy (non-hydrogen) atoms. The third-order valence-corrected chi connectivity index (χ3v) is 9.22. The number of anilines is 1. The molecular formula is C35H44F6N6O4. The molecular weight excluding hydrogens is 682 g/mol. The van der Waals surface area contributed by atoms with E-state index in [1.165, 1.54) is 19.5 Å². The summed E-state index contributed by atoms with van der Waals surface area (Å²) in [6.45, 7) is 7.24. The number of aryl methyl sites for hydroxylation is 1. The first kappa shape index (κ1) is 39.4. The summed E-state index contributed by atoms with van der Waals surface area (Å²) in [4.78, 5) is 37.6. The van der Waals surface area contributed by atoms with E-state index in [9.17, 15) is 35.9 Å². The second kappa shape index (κ2) is 15.9. The van der Waals surface area contributed by atoms with Crippen molar-refractivity contribution in [3.05, 3.63) is 59.7 Å². The summed E-state index contributed by atoms with van der Waals surface area (Å²) in [5, 5.41) is 4.14. The Morgan fingerprint density at radius 2 is 1.47 bits per heavy atom. The molecule has 0 bridgehead atoms. The molecule has 10 nitrogen and oxygen atoms in total. The average molecular weight is 727 g/mol. The number of hydrogen-bond acceptors (Lipinski definition) is 8. The number of hydrogen-bond donors (Lipinski definition) is 0. The minimum absolute atomic E-state index is 0.0515. The number of carbonyl (C=O) groups is 2. The van der Waals surface area contributed by atoms with E-state index in [1.807, 2.05) is 27.7 Å². The summed E-state index contributed by atoms with van der Waals surface area (Å²) in [7, 11) is 3.05. The van der Waals surface area contributed by atoms with Crippen LogP contribution in [0.15, 0.2) is 43.0 Å². The average Bonchev–Trinajstić information content (AvgIpc) is 3.53. The number of alkyl halides is 6. The van der Waals surface area contributed by atoms with Crippen LogP contribution in [0.2, 0.25) is 0 Å². The predicted molar refractivity (Wildman–Crippen MR) is 176 cm³/mol. The predicted octanol–water partition coefficient (Wildman–Crippen LogP) is 8.06. The molecule has 0 unspecified atom stereocenters. The number of amides is 1. The zero-order valence-electron chi connectivity index (χ0n) is 29.5. The van der Waals surface area contributed by atoms with Gasteiger partial charge in [0.1, 0.15) is 0 Å². The van der Waals surface area contributed by atoms with Crippen molar-refractivity contribution in [1.82, 2.24) is 24.6 Å². The van der Waals surface area contributed by atoms with Gasteiger partial charge in [-0.15, -0.1) is 0 Å². The van der Waals surface area contributed by atoms with Crippen molar-refractivity contribution in [3.8, 4) is 11.1 Å². The maximum absolute atomic E-state index is 13.8. The minimum Gasteiger partial charge on any atom is -0.469 e. The highest BCUT2D eigenvalue weighted by Gasteiger charge is 2.42. The smallest absolute Gasteiger partial charge is 0.416 e. The van der Waals surface area contributed by atoms with Gasteiger partial charge in [0.05, 0.1) is 31.0 Å². The Morgan fingerprint density at radius 3 is 1.94 bits per heavy atom. The molecule has 1 saturated heterocycles. The van der Waals surface area contributed by atoms with Gasteiger partial charge in [0.25, 0.3) is 0 Å². The molecule has 2 aromatic heterocycles. The van der Waals surface area contributed by atoms with Crippen LogP contribution in [0.5, 0.6) is 0 Å². The number of piperidine rings is 1. The lowest BCUT2D eigenvalue weighted by atomic mass is 9.87. The molecule has 280 valence electrons. The summed E-state index contributed by atoms with van der Waals surface area (Å²) < 4.78 is 95.0. The Morgan fingerprint density at radius 1 is 0.902 bits per heavy atom. The zero-order chi connectivity index (χ0) is 37.7. The van der Waals surface area contributed by atoms with Gasteiger partial charge in [-0.1, -0.05) is 27.7 Å². The van der Waals surface area contributed by atoms with E-state index in [-0.39, 0.29) is 55.2 Å². The number of rotatable bonds is 12. The molecule has 16 heteroatoms. The van der Waals surface area contributed by atoms with Gasteiger partial charge < -0.3 is 19.3 Å². The number of carbonyl (C=O) groups excluding carboxylic acids is 2. The normalized spacial score (nSPS) is 18.4. The Balaban J connectivity index is 1.67. The summed E-state index contributed by atoms with van der Waals surface area (Å²) in [5.41, 5.74) is -2.21. The van der Waals surface area contributed by atoms with Gasteiger partial charge in [-0.3, -0.25) is 9.48 Å². The Hall–Kier alpha value is -4.37. The number of nitrogens with zero attached hydrogens (tertiary/aromatic N) is 6. The fraction of sp³-hybridized carbons (Fsp3) is 0.571. The number of aromatic nitrogens is 4. The summed E-state index contributed by atoms with van der Waals surface area (Å²) >= 11 is 0. The maximum atomic E-state index is 13.8. The van der Waals surface area contributed by atoms with E-state index < -0.39 is 41.0 Å². The largest absolute Gasteiger partial charge is 0.469 e. The molecule has 1 aromatic carbocycles. The van der Waals surface area contributed by atoms with Gasteiger partial charge in [0.2, 0.25) is 5.95 Å². The number of benzene rings is 1. The fourth-order valence-corrected chi connectivity index (χ4v) is 6.33. The number of esters is 1. The van der Waals surface area contributed by atoms with Crippen LogP contribution in [0.3, 0.4) is 0 Å². The van der Waals surface area contributed by atoms with Crippen LogP contribution in [-0.2, 0) is 40.2 Å². The van der Waals surface area contributed by atoms with E-state index in [0.29, 0.717) is 37.7 Å². The lowest BCUT2D eigenvalue weighted by molar-refractivity contribution is -0.143. The number of methoxy groups -OCH3 is 1. The quantitative estimate of drug-likeness (QED) is 0.137. The molecule has 3 atom stereocenters. The van der Waals surface area contributed by atoms with Crippen LogP contribution in [0, 0.1) is 5.41 Å². The summed E-state index contributed by atoms with van der Waals surface area (Å²) in [5.74, 6) is -0.250. The Labute approximate surface area is 293 Å². The maximum Gasteiger partial charge on any atom is 0.416 e. The van der Waals surface area contributed by atoms with E-state index in [0.717, 1.165) is 17.7 Å². The molecule has 0 radical (unpaired) electrons. The van der Waals surface area contributed by atoms with Crippen molar-refractivity contribution >= 4 is 18.0 Å². The van der Waals surface area contributed by atoms with E-state index in [2.05, 4.69) is 15.1 Å². The topological polar surface area (TPSA) is 103 Å². The molecule has 1 amide bonds. The number of ether oxygens (including phenoxy) is 2. The molecule has 0 N–H and O–H groups in total. The fourth-order valence-electron chi connectivity index (χ4n) is 6.33. The van der Waals surface area contributed by atoms with Crippen LogP contribution in [0.25, 0.3) is 11.1 Å². The first-order valence-electron chi connectivity index (χ1n) is 16.7. The van der Waals surface area contributed by atoms with Crippen LogP contribution in [0.4, 0.5) is 37.1 Å². The molecule has 1 fully saturated rings. The van der Waals surface area contributed by atoms with Crippen LogP contribution >= 0.6 is 0 Å². The van der Waals surface area contributed by atoms with Crippen LogP contribution in [0.1, 0.15) is 82.9 Å². The second-order valence-electron chi connectivity index (χ2n) is 13.7. The van der Waals surface area contributed by atoms with E-state index in [4.69, 9.17) is 9.47 Å². The standard InChI is InChI=1S/C35H44F6N6O4/c1-7-27-14-29(15-28(8-2)47(27)32(49)51-21-33(3,4)10-9-30(48)50-6)46(31-42-16-23(17-43-31)24-18-44-45(5)20-24)19-22-11-25(34(36,37)38)13-26(12-22)35(39,40)41/h11-13,16-18,20,27-29H,7-10,14-15,19,21H2,1-6H3/t27-,28+,29+. The second-order valence-corrected chi connectivity index (χ2v) is 13.7. The zero-order valence-corrected chi connectivity index (χ0v) is 29.5. The number of halogens is 6. The van der Waals surface area contributed by atoms with Crippen molar-refractivity contribution in [2.75, 3.05) is 18.6 Å². The van der Waals surface area contributed by atoms with Crippen molar-refractivity contribution in [2.45, 2.75) is 103 Å². The summed E-state index contributed by atoms with van der Waals surface area (Å²) in [6, 6.07) is 0.333. The highest BCUT2D eigenvalue weighted by Crippen LogP contribution is 2.38. The highest BCUT2D eigenvalue weighted by atomic mass is 19.4. The van der Waals surface area contributed by atoms with Crippen LogP contribution < -0.4 is 4.90 Å². The van der Waals surface area contributed by atoms with Crippen molar-refractivity contribution < 1.29 is 45.4 Å². The lowest BCUT2D eigenvalue weighted by Crippen LogP contribution is -2.57. The van der Waals surface area contributed by atoms with Crippen molar-refractivity contribution in [3.63, 3.8) is 0 Å². The van der Waals surface area contributed by atoms with Gasteiger partial charge in [-0.2, -0.15) is 31.4 Å². The van der Waals surface area contributed by atoms with Crippen molar-refractivity contribution in [1.29, 1.82) is 0 Å². The van der Waals surface area contributed by atoms with Crippen LogP contribution in [-0.4, -0.2) is 68.6 Å². The molecule has 3 aromatic rings. The molecule has 1 aliphatic heterocycles. The third-order valence-electron chi connectivity index (χ3n) is 9.22. The first-order valence-corrected chi connectivity index (χ1v) is 16.7. The SMILES string of the molecule is CC[C@@H]1C[C@H](N(Cc2cc(C(F)(F)F)cc(C(F)(F)F)c2)c2ncc(-c3cnn(C)c3)cn2)C[C@H](CC)N1C(=O)OCC(C)(C)CCC(=O)OC. The first-order chi connectivity index (χ1) is 23.8. The number of likely N-dealkylation sites (tertiary alicyclic amines) is 1. The molecule has 0 saturated carbocycles. The van der Waals surface area contributed by atoms with Gasteiger partial charge in [0.15, 0.2) is 0 Å². The molecule has 4 rings (SSSR count). The van der Waals surface area contributed by atoms with E-state index in [1.54, 1.807) is 33.9 Å². The monoisotopic (exact) mass is 726 g/mol. The molecule has 3 heterocycles. The molecule has 0 aliphatic carbocycles. The summed E-state index contributed by atoms with van der Waals surface area (Å²) in [6.07, 6.45) is -1.86.